The van der Waals surface area contributed by atoms with Gasteiger partial charge in [0, 0.05) is 12.5 Å². The molecule has 1 amide bonds. The van der Waals surface area contributed by atoms with Gasteiger partial charge in [0.25, 0.3) is 0 Å². The highest BCUT2D eigenvalue weighted by molar-refractivity contribution is 5.94. The molecule has 1 aliphatic rings. The summed E-state index contributed by atoms with van der Waals surface area (Å²) in [5.41, 5.74) is 4.70. The number of alkyl carbamates (subject to hydrolysis) is 1. The van der Waals surface area contributed by atoms with Crippen molar-refractivity contribution in [3.05, 3.63) is 101 Å². The Labute approximate surface area is 190 Å². The standard InChI is InChI=1S/C26H21NO6/c28-24(29)17-12-16(13-18(14-17)25(30)31)6-5-11-27-26(32)33-15-23-21-9-3-1-7-19(21)20-8-2-4-10-22(20)23/h1-10,12-14,23H,11,15H2,(H,27,32)(H,28,29)(H,30,31). The molecule has 4 rings (SSSR count). The monoisotopic (exact) mass is 443 g/mol. The van der Waals surface area contributed by atoms with E-state index < -0.39 is 18.0 Å². The Kier molecular flexibility index (Phi) is 6.22. The fourth-order valence-corrected chi connectivity index (χ4v) is 3.98. The van der Waals surface area contributed by atoms with Crippen LogP contribution in [0, 0.1) is 0 Å². The van der Waals surface area contributed by atoms with Gasteiger partial charge in [-0.25, -0.2) is 14.4 Å². The third-order valence-corrected chi connectivity index (χ3v) is 5.47. The topological polar surface area (TPSA) is 113 Å². The third-order valence-electron chi connectivity index (χ3n) is 5.47. The van der Waals surface area contributed by atoms with Crippen LogP contribution >= 0.6 is 0 Å². The van der Waals surface area contributed by atoms with E-state index in [1.807, 2.05) is 36.4 Å². The molecular weight excluding hydrogens is 422 g/mol. The first-order valence-corrected chi connectivity index (χ1v) is 10.3. The van der Waals surface area contributed by atoms with Crippen LogP contribution in [0.1, 0.15) is 43.3 Å². The van der Waals surface area contributed by atoms with Crippen molar-refractivity contribution in [3.63, 3.8) is 0 Å². The molecule has 0 radical (unpaired) electrons. The normalized spacial score (nSPS) is 12.2. The van der Waals surface area contributed by atoms with Crippen LogP contribution in [0.2, 0.25) is 0 Å². The number of rotatable bonds is 7. The molecular formula is C26H21NO6. The summed E-state index contributed by atoms with van der Waals surface area (Å²) >= 11 is 0. The molecule has 0 spiro atoms. The van der Waals surface area contributed by atoms with E-state index in [1.165, 1.54) is 12.1 Å². The molecule has 0 unspecified atom stereocenters. The average Bonchev–Trinajstić information content (AvgIpc) is 3.14. The Balaban J connectivity index is 1.35. The number of benzene rings is 3. The summed E-state index contributed by atoms with van der Waals surface area (Å²) in [5.74, 6) is -2.47. The SMILES string of the molecule is O=C(NCC=Cc1cc(C(=O)O)cc(C(=O)O)c1)OCC1c2ccccc2-c2ccccc21. The maximum Gasteiger partial charge on any atom is 0.407 e. The first-order valence-electron chi connectivity index (χ1n) is 10.3. The highest BCUT2D eigenvalue weighted by Gasteiger charge is 2.28. The van der Waals surface area contributed by atoms with Crippen molar-refractivity contribution in [2.75, 3.05) is 13.2 Å². The van der Waals surface area contributed by atoms with Gasteiger partial charge in [0.2, 0.25) is 0 Å². The third kappa shape index (κ3) is 4.77. The second kappa shape index (κ2) is 9.40. The smallest absolute Gasteiger partial charge is 0.407 e. The van der Waals surface area contributed by atoms with Crippen molar-refractivity contribution in [1.82, 2.24) is 5.32 Å². The molecule has 0 saturated carbocycles. The van der Waals surface area contributed by atoms with E-state index in [2.05, 4.69) is 17.4 Å². The van der Waals surface area contributed by atoms with Crippen molar-refractivity contribution >= 4 is 24.1 Å². The molecule has 0 heterocycles. The van der Waals surface area contributed by atoms with Crippen LogP contribution in [0.3, 0.4) is 0 Å². The molecule has 0 aromatic heterocycles. The van der Waals surface area contributed by atoms with Gasteiger partial charge in [-0.2, -0.15) is 0 Å². The maximum atomic E-state index is 12.2. The highest BCUT2D eigenvalue weighted by Crippen LogP contribution is 2.44. The van der Waals surface area contributed by atoms with Crippen LogP contribution in [0.15, 0.2) is 72.8 Å². The number of aromatic carboxylic acids is 2. The fourth-order valence-electron chi connectivity index (χ4n) is 3.98. The predicted molar refractivity (Wildman–Crippen MR) is 122 cm³/mol. The number of nitrogens with one attached hydrogen (secondary N) is 1. The van der Waals surface area contributed by atoms with E-state index in [0.717, 1.165) is 28.3 Å². The van der Waals surface area contributed by atoms with Gasteiger partial charge >= 0.3 is 18.0 Å². The summed E-state index contributed by atoms with van der Waals surface area (Å²) in [6.45, 7) is 0.336. The van der Waals surface area contributed by atoms with Gasteiger partial charge in [0.1, 0.15) is 6.61 Å². The Morgan fingerprint density at radius 1 is 0.848 bits per heavy atom. The number of hydrogen-bond donors (Lipinski definition) is 3. The number of ether oxygens (including phenoxy) is 1. The minimum Gasteiger partial charge on any atom is -0.478 e. The van der Waals surface area contributed by atoms with Gasteiger partial charge in [-0.05, 0) is 46.0 Å². The molecule has 33 heavy (non-hydrogen) atoms. The first-order chi connectivity index (χ1) is 15.9. The molecule has 0 aliphatic heterocycles. The number of fused-ring (bicyclic) bond motifs is 3. The number of carboxylic acid groups (broad SMARTS) is 2. The maximum absolute atomic E-state index is 12.2. The van der Waals surface area contributed by atoms with Crippen LogP contribution < -0.4 is 5.32 Å². The summed E-state index contributed by atoms with van der Waals surface area (Å²) in [7, 11) is 0. The number of hydrogen-bond acceptors (Lipinski definition) is 4. The van der Waals surface area contributed by atoms with Crippen LogP contribution in [-0.4, -0.2) is 41.4 Å². The van der Waals surface area contributed by atoms with Gasteiger partial charge in [-0.3, -0.25) is 0 Å². The van der Waals surface area contributed by atoms with Crippen LogP contribution in [-0.2, 0) is 4.74 Å². The minimum atomic E-state index is -1.22. The van der Waals surface area contributed by atoms with Crippen molar-refractivity contribution in [2.45, 2.75) is 5.92 Å². The van der Waals surface area contributed by atoms with Crippen LogP contribution in [0.4, 0.5) is 4.79 Å². The highest BCUT2D eigenvalue weighted by atomic mass is 16.5. The summed E-state index contributed by atoms with van der Waals surface area (Å²) < 4.78 is 5.45. The molecule has 3 N–H and O–H groups in total. The number of amides is 1. The summed E-state index contributed by atoms with van der Waals surface area (Å²) in [6, 6.07) is 19.9. The summed E-state index contributed by atoms with van der Waals surface area (Å²) in [6.07, 6.45) is 2.56. The lowest BCUT2D eigenvalue weighted by Gasteiger charge is -2.14. The molecule has 0 bridgehead atoms. The van der Waals surface area contributed by atoms with E-state index in [1.54, 1.807) is 12.2 Å². The van der Waals surface area contributed by atoms with Gasteiger partial charge in [0.15, 0.2) is 0 Å². The molecule has 0 fully saturated rings. The molecule has 7 heteroatoms. The molecule has 3 aromatic carbocycles. The zero-order valence-electron chi connectivity index (χ0n) is 17.5. The Morgan fingerprint density at radius 2 is 1.39 bits per heavy atom. The predicted octanol–water partition coefficient (Wildman–Crippen LogP) is 4.63. The lowest BCUT2D eigenvalue weighted by Crippen LogP contribution is -2.26. The second-order valence-electron chi connectivity index (χ2n) is 7.56. The fraction of sp³-hybridized carbons (Fsp3) is 0.115. The lowest BCUT2D eigenvalue weighted by molar-refractivity contribution is 0.0696. The molecule has 3 aromatic rings. The van der Waals surface area contributed by atoms with Gasteiger partial charge in [-0.15, -0.1) is 0 Å². The van der Waals surface area contributed by atoms with E-state index in [0.29, 0.717) is 5.56 Å². The molecule has 0 saturated heterocycles. The van der Waals surface area contributed by atoms with E-state index in [9.17, 15) is 14.4 Å². The Bertz CT molecular complexity index is 1190. The molecule has 7 nitrogen and oxygen atoms in total. The van der Waals surface area contributed by atoms with Crippen LogP contribution in [0.25, 0.3) is 17.2 Å². The largest absolute Gasteiger partial charge is 0.478 e. The van der Waals surface area contributed by atoms with Crippen molar-refractivity contribution in [1.29, 1.82) is 0 Å². The zero-order valence-corrected chi connectivity index (χ0v) is 17.5. The number of carbonyl (C=O) groups is 3. The number of carboxylic acids is 2. The van der Waals surface area contributed by atoms with Crippen molar-refractivity contribution in [2.24, 2.45) is 0 Å². The van der Waals surface area contributed by atoms with E-state index >= 15 is 0 Å². The Morgan fingerprint density at radius 3 is 1.94 bits per heavy atom. The Hall–Kier alpha value is -4.39. The van der Waals surface area contributed by atoms with Crippen molar-refractivity contribution < 1.29 is 29.3 Å². The van der Waals surface area contributed by atoms with Gasteiger partial charge in [0.05, 0.1) is 11.1 Å². The first kappa shape index (κ1) is 21.8. The number of carbonyl (C=O) groups excluding carboxylic acids is 1. The second-order valence-corrected chi connectivity index (χ2v) is 7.56. The van der Waals surface area contributed by atoms with E-state index in [4.69, 9.17) is 14.9 Å². The molecule has 0 atom stereocenters. The van der Waals surface area contributed by atoms with Gasteiger partial charge < -0.3 is 20.3 Å². The van der Waals surface area contributed by atoms with Crippen molar-refractivity contribution in [3.8, 4) is 11.1 Å². The van der Waals surface area contributed by atoms with Gasteiger partial charge in [-0.1, -0.05) is 60.7 Å². The minimum absolute atomic E-state index is 0.0353. The lowest BCUT2D eigenvalue weighted by atomic mass is 9.98. The quantitative estimate of drug-likeness (QED) is 0.491. The average molecular weight is 443 g/mol. The zero-order chi connectivity index (χ0) is 23.4. The summed E-state index contributed by atoms with van der Waals surface area (Å²) in [4.78, 5) is 34.6. The van der Waals surface area contributed by atoms with Crippen LogP contribution in [0.5, 0.6) is 0 Å². The van der Waals surface area contributed by atoms with E-state index in [-0.39, 0.29) is 30.2 Å². The summed E-state index contributed by atoms with van der Waals surface area (Å²) in [5, 5.41) is 20.9. The molecule has 166 valence electrons. The molecule has 1 aliphatic carbocycles.